The van der Waals surface area contributed by atoms with Crippen molar-refractivity contribution in [3.63, 3.8) is 0 Å². The number of nitrogens with zero attached hydrogens (tertiary/aromatic N) is 1. The Balaban J connectivity index is 1.57. The van der Waals surface area contributed by atoms with Crippen molar-refractivity contribution in [2.75, 3.05) is 0 Å². The van der Waals surface area contributed by atoms with Gasteiger partial charge in [0, 0.05) is 22.4 Å². The highest BCUT2D eigenvalue weighted by Crippen LogP contribution is 2.43. The molecule has 4 aromatic rings. The molecule has 2 aliphatic rings. The molecule has 0 fully saturated rings. The van der Waals surface area contributed by atoms with Crippen LogP contribution in [-0.2, 0) is 10.2 Å². The summed E-state index contributed by atoms with van der Waals surface area (Å²) in [6.45, 7) is 9.05. The first-order chi connectivity index (χ1) is 15.9. The Kier molecular flexibility index (Phi) is 4.60. The van der Waals surface area contributed by atoms with E-state index in [2.05, 4.69) is 106 Å². The van der Waals surface area contributed by atoms with E-state index < -0.39 is 0 Å². The Morgan fingerprint density at radius 3 is 2.58 bits per heavy atom. The zero-order chi connectivity index (χ0) is 22.7. The van der Waals surface area contributed by atoms with Gasteiger partial charge in [0.1, 0.15) is 16.7 Å². The normalized spacial score (nSPS) is 20.0. The third-order valence-electron chi connectivity index (χ3n) is 6.84. The second-order valence-corrected chi connectivity index (χ2v) is 11.0. The number of allylic oxidation sites excluding steroid dienone is 2. The average Bonchev–Trinajstić information content (AvgIpc) is 3.42. The van der Waals surface area contributed by atoms with Crippen LogP contribution in [0.15, 0.2) is 83.8 Å². The smallest absolute Gasteiger partial charge is 0.127 e. The predicted octanol–water partition coefficient (Wildman–Crippen LogP) is 8.29. The highest BCUT2D eigenvalue weighted by atomic mass is 32.1. The first-order valence-electron chi connectivity index (χ1n) is 11.5. The maximum Gasteiger partial charge on any atom is 0.127 e. The van der Waals surface area contributed by atoms with Crippen LogP contribution >= 0.6 is 11.3 Å². The molecule has 0 spiro atoms. The maximum atomic E-state index is 6.50. The molecule has 0 bridgehead atoms. The zero-order valence-electron chi connectivity index (χ0n) is 19.4. The van der Waals surface area contributed by atoms with Crippen LogP contribution in [0.1, 0.15) is 38.8 Å². The monoisotopic (exact) mass is 449 g/mol. The van der Waals surface area contributed by atoms with Crippen molar-refractivity contribution in [3.05, 3.63) is 94.9 Å². The lowest BCUT2D eigenvalue weighted by molar-refractivity contribution is 0.212. The summed E-state index contributed by atoms with van der Waals surface area (Å²) in [5.74, 6) is 1.31. The van der Waals surface area contributed by atoms with Gasteiger partial charge in [-0.1, -0.05) is 63.3 Å². The summed E-state index contributed by atoms with van der Waals surface area (Å²) in [5.41, 5.74) is 5.98. The quantitative estimate of drug-likeness (QED) is 0.307. The molecule has 3 heterocycles. The summed E-state index contributed by atoms with van der Waals surface area (Å²) in [7, 11) is 0. The number of aromatic nitrogens is 1. The second-order valence-electron chi connectivity index (χ2n) is 10.1. The molecule has 164 valence electrons. The molecule has 6 rings (SSSR count). The Bertz CT molecular complexity index is 1500. The fourth-order valence-electron chi connectivity index (χ4n) is 5.11. The number of rotatable bonds is 2. The van der Waals surface area contributed by atoms with Crippen LogP contribution in [0.25, 0.3) is 38.0 Å². The van der Waals surface area contributed by atoms with Gasteiger partial charge in [0.05, 0.1) is 5.69 Å². The van der Waals surface area contributed by atoms with E-state index in [0.717, 1.165) is 27.4 Å². The van der Waals surface area contributed by atoms with E-state index in [9.17, 15) is 0 Å². The lowest BCUT2D eigenvalue weighted by Gasteiger charge is -2.23. The van der Waals surface area contributed by atoms with Gasteiger partial charge in [0.2, 0.25) is 0 Å². The van der Waals surface area contributed by atoms with Gasteiger partial charge in [-0.25, -0.2) is 4.98 Å². The molecule has 2 atom stereocenters. The van der Waals surface area contributed by atoms with Crippen LogP contribution in [0, 0.1) is 5.92 Å². The molecule has 3 heteroatoms. The first kappa shape index (κ1) is 20.4. The third kappa shape index (κ3) is 3.34. The molecule has 2 aromatic carbocycles. The summed E-state index contributed by atoms with van der Waals surface area (Å²) < 4.78 is 6.50. The van der Waals surface area contributed by atoms with E-state index in [4.69, 9.17) is 9.72 Å². The molecule has 0 radical (unpaired) electrons. The van der Waals surface area contributed by atoms with Crippen LogP contribution in [0.2, 0.25) is 0 Å². The topological polar surface area (TPSA) is 22.1 Å². The van der Waals surface area contributed by atoms with E-state index >= 15 is 0 Å². The Hall–Kier alpha value is -3.17. The minimum atomic E-state index is 0.0352. The largest absolute Gasteiger partial charge is 0.485 e. The minimum Gasteiger partial charge on any atom is -0.485 e. The predicted molar refractivity (Wildman–Crippen MR) is 140 cm³/mol. The SMILES string of the molecule is CC1=C(c2cc(-c3cc(C(C)(C)C)c4ccccc4c3)nc3sccc23)OC2C=CC=CC12. The van der Waals surface area contributed by atoms with Crippen molar-refractivity contribution >= 4 is 38.1 Å². The van der Waals surface area contributed by atoms with Crippen LogP contribution in [-0.4, -0.2) is 11.1 Å². The third-order valence-corrected chi connectivity index (χ3v) is 7.65. The van der Waals surface area contributed by atoms with Crippen LogP contribution in [0.3, 0.4) is 0 Å². The van der Waals surface area contributed by atoms with Crippen molar-refractivity contribution in [3.8, 4) is 11.3 Å². The maximum absolute atomic E-state index is 6.50. The summed E-state index contributed by atoms with van der Waals surface area (Å²) in [5, 5.41) is 5.86. The number of fused-ring (bicyclic) bond motifs is 3. The highest BCUT2D eigenvalue weighted by Gasteiger charge is 2.33. The molecule has 0 N–H and O–H groups in total. The van der Waals surface area contributed by atoms with Crippen LogP contribution < -0.4 is 0 Å². The molecule has 33 heavy (non-hydrogen) atoms. The number of benzene rings is 2. The Morgan fingerprint density at radius 1 is 0.939 bits per heavy atom. The number of ether oxygens (including phenoxy) is 1. The molecular weight excluding hydrogens is 422 g/mol. The van der Waals surface area contributed by atoms with E-state index in [-0.39, 0.29) is 11.5 Å². The first-order valence-corrected chi connectivity index (χ1v) is 12.4. The summed E-state index contributed by atoms with van der Waals surface area (Å²) >= 11 is 1.69. The van der Waals surface area contributed by atoms with Crippen molar-refractivity contribution in [2.45, 2.75) is 39.2 Å². The van der Waals surface area contributed by atoms with E-state index in [1.807, 2.05) is 0 Å². The van der Waals surface area contributed by atoms with E-state index in [0.29, 0.717) is 5.92 Å². The van der Waals surface area contributed by atoms with Gasteiger partial charge in [0.15, 0.2) is 0 Å². The van der Waals surface area contributed by atoms with Crippen molar-refractivity contribution < 1.29 is 4.74 Å². The number of hydrogen-bond acceptors (Lipinski definition) is 3. The van der Waals surface area contributed by atoms with Crippen molar-refractivity contribution in [2.24, 2.45) is 5.92 Å². The molecule has 0 saturated carbocycles. The van der Waals surface area contributed by atoms with Crippen molar-refractivity contribution in [1.82, 2.24) is 4.98 Å². The molecule has 2 nitrogen and oxygen atoms in total. The standard InChI is InChI=1S/C30H27NOS/c1-18-21-10-7-8-12-27(21)32-28(18)24-17-26(31-29-23(24)13-14-33-29)20-15-19-9-5-6-11-22(19)25(16-20)30(2,3)4/h5-17,21,27H,1-4H3. The Morgan fingerprint density at radius 2 is 1.76 bits per heavy atom. The fraction of sp³-hybridized carbons (Fsp3) is 0.233. The minimum absolute atomic E-state index is 0.0352. The molecular formula is C30H27NOS. The van der Waals surface area contributed by atoms with Crippen LogP contribution in [0.4, 0.5) is 0 Å². The zero-order valence-corrected chi connectivity index (χ0v) is 20.2. The van der Waals surface area contributed by atoms with E-state index in [1.165, 1.54) is 27.3 Å². The lowest BCUT2D eigenvalue weighted by Crippen LogP contribution is -2.15. The summed E-state index contributed by atoms with van der Waals surface area (Å²) in [6.07, 6.45) is 8.70. The van der Waals surface area contributed by atoms with Gasteiger partial charge in [-0.3, -0.25) is 0 Å². The van der Waals surface area contributed by atoms with Crippen LogP contribution in [0.5, 0.6) is 0 Å². The van der Waals surface area contributed by atoms with Gasteiger partial charge in [0.25, 0.3) is 0 Å². The fourth-order valence-corrected chi connectivity index (χ4v) is 5.90. The molecule has 1 aliphatic heterocycles. The second kappa shape index (κ2) is 7.43. The van der Waals surface area contributed by atoms with Gasteiger partial charge in [-0.2, -0.15) is 0 Å². The highest BCUT2D eigenvalue weighted by molar-refractivity contribution is 7.16. The molecule has 2 unspecified atom stereocenters. The van der Waals surface area contributed by atoms with Gasteiger partial charge < -0.3 is 4.74 Å². The average molecular weight is 450 g/mol. The number of hydrogen-bond donors (Lipinski definition) is 0. The van der Waals surface area contributed by atoms with Gasteiger partial charge in [-0.05, 0) is 70.0 Å². The number of thiophene rings is 1. The Labute approximate surface area is 198 Å². The van der Waals surface area contributed by atoms with Gasteiger partial charge in [-0.15, -0.1) is 11.3 Å². The molecule has 0 amide bonds. The lowest BCUT2D eigenvalue weighted by atomic mass is 9.82. The molecule has 1 aliphatic carbocycles. The van der Waals surface area contributed by atoms with Crippen molar-refractivity contribution in [1.29, 1.82) is 0 Å². The molecule has 2 aromatic heterocycles. The summed E-state index contributed by atoms with van der Waals surface area (Å²) in [4.78, 5) is 6.15. The van der Waals surface area contributed by atoms with E-state index in [1.54, 1.807) is 11.3 Å². The number of pyridine rings is 1. The molecule has 0 saturated heterocycles. The van der Waals surface area contributed by atoms with Gasteiger partial charge >= 0.3 is 0 Å². The summed E-state index contributed by atoms with van der Waals surface area (Å²) in [6, 6.07) is 17.7.